The summed E-state index contributed by atoms with van der Waals surface area (Å²) in [5.74, 6) is -1.83. The van der Waals surface area contributed by atoms with Crippen molar-refractivity contribution in [2.24, 2.45) is 11.8 Å². The van der Waals surface area contributed by atoms with Crippen LogP contribution < -0.4 is 0 Å². The van der Waals surface area contributed by atoms with Crippen LogP contribution in [0.15, 0.2) is 24.5 Å². The van der Waals surface area contributed by atoms with Gasteiger partial charge in [-0.2, -0.15) is 0 Å². The van der Waals surface area contributed by atoms with Gasteiger partial charge in [-0.15, -0.1) is 0 Å². The third-order valence-corrected chi connectivity index (χ3v) is 6.72. The fourth-order valence-electron chi connectivity index (χ4n) is 5.52. The summed E-state index contributed by atoms with van der Waals surface area (Å²) in [4.78, 5) is 37.1. The second kappa shape index (κ2) is 12.2. The highest BCUT2D eigenvalue weighted by Crippen LogP contribution is 2.60. The molecule has 0 amide bonds. The van der Waals surface area contributed by atoms with E-state index in [1.54, 1.807) is 25.3 Å². The maximum absolute atomic E-state index is 13.1. The van der Waals surface area contributed by atoms with Gasteiger partial charge in [-0.1, -0.05) is 25.8 Å². The summed E-state index contributed by atoms with van der Waals surface area (Å²) in [5.41, 5.74) is -2.24. The summed E-state index contributed by atoms with van der Waals surface area (Å²) in [6, 6.07) is 0. The molecule has 7 nitrogen and oxygen atoms in total. The van der Waals surface area contributed by atoms with Crippen LogP contribution in [0.5, 0.6) is 0 Å². The molecular formula is C26H40O7. The van der Waals surface area contributed by atoms with Crippen LogP contribution in [0.4, 0.5) is 0 Å². The molecule has 186 valence electrons. The molecule has 2 rings (SSSR count). The fraction of sp³-hybridized carbons (Fsp3) is 0.731. The first kappa shape index (κ1) is 26.9. The van der Waals surface area contributed by atoms with Crippen molar-refractivity contribution in [1.82, 2.24) is 0 Å². The van der Waals surface area contributed by atoms with Gasteiger partial charge >= 0.3 is 17.9 Å². The Morgan fingerprint density at radius 2 is 1.88 bits per heavy atom. The molecule has 0 aromatic rings. The van der Waals surface area contributed by atoms with Crippen LogP contribution in [-0.2, 0) is 33.3 Å². The van der Waals surface area contributed by atoms with E-state index in [4.69, 9.17) is 18.9 Å². The molecule has 2 fully saturated rings. The third-order valence-electron chi connectivity index (χ3n) is 6.72. The van der Waals surface area contributed by atoms with Gasteiger partial charge < -0.3 is 18.9 Å². The van der Waals surface area contributed by atoms with Crippen molar-refractivity contribution in [3.63, 3.8) is 0 Å². The molecule has 0 unspecified atom stereocenters. The number of esters is 3. The topological polar surface area (TPSA) is 88.1 Å². The summed E-state index contributed by atoms with van der Waals surface area (Å²) >= 11 is 0. The van der Waals surface area contributed by atoms with Gasteiger partial charge in [0.2, 0.25) is 0 Å². The highest BCUT2D eigenvalue weighted by Gasteiger charge is 2.71. The molecule has 0 aromatic carbocycles. The fourth-order valence-corrected chi connectivity index (χ4v) is 5.52. The molecule has 0 bridgehead atoms. The van der Waals surface area contributed by atoms with E-state index in [2.05, 4.69) is 6.92 Å². The Kier molecular flexibility index (Phi) is 9.99. The van der Waals surface area contributed by atoms with E-state index in [0.29, 0.717) is 19.3 Å². The van der Waals surface area contributed by atoms with Crippen LogP contribution in [0.25, 0.3) is 0 Å². The molecule has 2 aliphatic carbocycles. The maximum atomic E-state index is 13.1. The van der Waals surface area contributed by atoms with Gasteiger partial charge in [-0.25, -0.2) is 0 Å². The standard InChI is InChI=1S/C26H40O7/c1-6-9-10-13-22(32-19(4)27)14-16-26(31-17-7-2)23(24(29)30-8-3)18-21-12-11-15-25(21,26)33-20(5)28/h7,14,16-17,21-23H,6,8-13,15,18H2,1-5H3/b16-14-,17-7+/t21-,22+,23+,25-,26-/m0/s1. The first-order valence-corrected chi connectivity index (χ1v) is 12.3. The Morgan fingerprint density at radius 3 is 2.48 bits per heavy atom. The van der Waals surface area contributed by atoms with E-state index in [9.17, 15) is 14.4 Å². The SMILES string of the molecule is C/C=C/O[C@@]1(/C=C\[C@@H](CCCCC)OC(C)=O)[C@@H](C(=O)OCC)C[C@@H]2CCC[C@]21OC(C)=O. The highest BCUT2D eigenvalue weighted by atomic mass is 16.6. The minimum Gasteiger partial charge on any atom is -0.486 e. The second-order valence-corrected chi connectivity index (χ2v) is 9.00. The van der Waals surface area contributed by atoms with E-state index in [-0.39, 0.29) is 24.5 Å². The smallest absolute Gasteiger partial charge is 0.313 e. The Hall–Kier alpha value is -2.31. The van der Waals surface area contributed by atoms with Crippen LogP contribution in [0, 0.1) is 11.8 Å². The molecular weight excluding hydrogens is 424 g/mol. The molecule has 2 aliphatic rings. The average Bonchev–Trinajstić information content (AvgIpc) is 3.25. The van der Waals surface area contributed by atoms with E-state index in [0.717, 1.165) is 32.1 Å². The lowest BCUT2D eigenvalue weighted by Crippen LogP contribution is -2.58. The summed E-state index contributed by atoms with van der Waals surface area (Å²) in [6.07, 6.45) is 12.9. The molecule has 33 heavy (non-hydrogen) atoms. The maximum Gasteiger partial charge on any atom is 0.313 e. The molecule has 7 heteroatoms. The van der Waals surface area contributed by atoms with Gasteiger partial charge in [-0.3, -0.25) is 14.4 Å². The van der Waals surface area contributed by atoms with Crippen molar-refractivity contribution in [2.45, 2.75) is 103 Å². The van der Waals surface area contributed by atoms with Crippen molar-refractivity contribution in [3.05, 3.63) is 24.5 Å². The minimum atomic E-state index is -1.25. The van der Waals surface area contributed by atoms with Crippen molar-refractivity contribution < 1.29 is 33.3 Å². The number of hydrogen-bond acceptors (Lipinski definition) is 7. The normalized spacial score (nSPS) is 29.7. The number of ether oxygens (including phenoxy) is 4. The van der Waals surface area contributed by atoms with Crippen LogP contribution in [0.1, 0.15) is 86.0 Å². The molecule has 5 atom stereocenters. The van der Waals surface area contributed by atoms with Crippen LogP contribution in [0.2, 0.25) is 0 Å². The molecule has 0 spiro atoms. The lowest BCUT2D eigenvalue weighted by Gasteiger charge is -2.44. The average molecular weight is 465 g/mol. The van der Waals surface area contributed by atoms with E-state index < -0.39 is 29.2 Å². The quantitative estimate of drug-likeness (QED) is 0.132. The molecule has 2 saturated carbocycles. The number of allylic oxidation sites excluding steroid dienone is 1. The van der Waals surface area contributed by atoms with Crippen LogP contribution in [0.3, 0.4) is 0 Å². The molecule has 0 aliphatic heterocycles. The first-order valence-electron chi connectivity index (χ1n) is 12.3. The summed E-state index contributed by atoms with van der Waals surface area (Å²) in [6.45, 7) is 8.72. The zero-order valence-electron chi connectivity index (χ0n) is 20.8. The summed E-state index contributed by atoms with van der Waals surface area (Å²) in [7, 11) is 0. The summed E-state index contributed by atoms with van der Waals surface area (Å²) in [5, 5.41) is 0. The van der Waals surface area contributed by atoms with Gasteiger partial charge in [0.25, 0.3) is 0 Å². The summed E-state index contributed by atoms with van der Waals surface area (Å²) < 4.78 is 23.4. The molecule has 0 aromatic heterocycles. The molecule has 0 saturated heterocycles. The Balaban J connectivity index is 2.58. The number of carbonyl (C=O) groups is 3. The van der Waals surface area contributed by atoms with E-state index >= 15 is 0 Å². The number of unbranched alkanes of at least 4 members (excludes halogenated alkanes) is 2. The Labute approximate surface area is 197 Å². The lowest BCUT2D eigenvalue weighted by molar-refractivity contribution is -0.193. The molecule has 0 heterocycles. The highest BCUT2D eigenvalue weighted by molar-refractivity contribution is 5.77. The molecule has 0 radical (unpaired) electrons. The van der Waals surface area contributed by atoms with Crippen molar-refractivity contribution in [3.8, 4) is 0 Å². The number of hydrogen-bond donors (Lipinski definition) is 0. The molecule has 0 N–H and O–H groups in total. The van der Waals surface area contributed by atoms with Crippen LogP contribution >= 0.6 is 0 Å². The Morgan fingerprint density at radius 1 is 1.12 bits per heavy atom. The zero-order valence-corrected chi connectivity index (χ0v) is 20.8. The predicted octanol–water partition coefficient (Wildman–Crippen LogP) is 5.03. The minimum absolute atomic E-state index is 0.0296. The largest absolute Gasteiger partial charge is 0.486 e. The van der Waals surface area contributed by atoms with Gasteiger partial charge in [0.1, 0.15) is 12.0 Å². The third kappa shape index (κ3) is 5.98. The Bertz CT molecular complexity index is 743. The van der Waals surface area contributed by atoms with E-state index in [1.165, 1.54) is 13.8 Å². The van der Waals surface area contributed by atoms with Gasteiger partial charge in [0.05, 0.1) is 12.9 Å². The number of carbonyl (C=O) groups excluding carboxylic acids is 3. The van der Waals surface area contributed by atoms with Gasteiger partial charge in [-0.05, 0) is 64.5 Å². The van der Waals surface area contributed by atoms with Gasteiger partial charge in [0.15, 0.2) is 11.2 Å². The van der Waals surface area contributed by atoms with Crippen molar-refractivity contribution in [1.29, 1.82) is 0 Å². The number of fused-ring (bicyclic) bond motifs is 1. The van der Waals surface area contributed by atoms with Crippen molar-refractivity contribution in [2.75, 3.05) is 6.61 Å². The van der Waals surface area contributed by atoms with Gasteiger partial charge in [0, 0.05) is 19.8 Å². The van der Waals surface area contributed by atoms with Crippen molar-refractivity contribution >= 4 is 17.9 Å². The second-order valence-electron chi connectivity index (χ2n) is 9.00. The monoisotopic (exact) mass is 464 g/mol. The predicted molar refractivity (Wildman–Crippen MR) is 124 cm³/mol. The number of rotatable bonds is 12. The van der Waals surface area contributed by atoms with Crippen LogP contribution in [-0.4, -0.2) is 41.8 Å². The first-order chi connectivity index (χ1) is 15.8. The van der Waals surface area contributed by atoms with E-state index in [1.807, 2.05) is 13.0 Å². The lowest BCUT2D eigenvalue weighted by atomic mass is 9.77. The zero-order chi connectivity index (χ0) is 24.5.